The van der Waals surface area contributed by atoms with E-state index >= 15 is 0 Å². The van der Waals surface area contributed by atoms with Crippen LogP contribution in [0.5, 0.6) is 0 Å². The monoisotopic (exact) mass is 375 g/mol. The summed E-state index contributed by atoms with van der Waals surface area (Å²) in [6.07, 6.45) is 3.78. The molecular weight excluding hydrogens is 354 g/mol. The lowest BCUT2D eigenvalue weighted by Gasteiger charge is -2.22. The van der Waals surface area contributed by atoms with Gasteiger partial charge in [-0.3, -0.25) is 14.0 Å². The van der Waals surface area contributed by atoms with Crippen molar-refractivity contribution < 1.29 is 4.79 Å². The highest BCUT2D eigenvalue weighted by Crippen LogP contribution is 2.24. The first kappa shape index (κ1) is 17.9. The second kappa shape index (κ2) is 7.26. The summed E-state index contributed by atoms with van der Waals surface area (Å²) in [6, 6.07) is 12.6. The summed E-state index contributed by atoms with van der Waals surface area (Å²) in [7, 11) is 0. The topological polar surface area (TPSA) is 92.2 Å². The molecule has 3 aromatic heterocycles. The second-order valence-corrected chi connectivity index (χ2v) is 6.88. The number of rotatable bonds is 5. The molecule has 0 fully saturated rings. The molecule has 0 spiro atoms. The minimum absolute atomic E-state index is 0.00751. The fourth-order valence-corrected chi connectivity index (χ4v) is 3.24. The van der Waals surface area contributed by atoms with Crippen LogP contribution in [0.3, 0.4) is 0 Å². The molecule has 1 amide bonds. The van der Waals surface area contributed by atoms with Crippen molar-refractivity contribution in [3.8, 4) is 0 Å². The van der Waals surface area contributed by atoms with E-state index in [2.05, 4.69) is 27.2 Å². The minimum atomic E-state index is -0.457. The number of hydrogen-bond donors (Lipinski definition) is 2. The third kappa shape index (κ3) is 3.15. The Bertz CT molecular complexity index is 1180. The lowest BCUT2D eigenvalue weighted by molar-refractivity contribution is 0.0918. The summed E-state index contributed by atoms with van der Waals surface area (Å²) in [5.74, 6) is 0.347. The smallest absolute Gasteiger partial charge is 0.270 e. The predicted molar refractivity (Wildman–Crippen MR) is 107 cm³/mol. The van der Waals surface area contributed by atoms with Crippen molar-refractivity contribution in [2.75, 3.05) is 0 Å². The van der Waals surface area contributed by atoms with Crippen molar-refractivity contribution >= 4 is 22.6 Å². The number of aromatic amines is 1. The van der Waals surface area contributed by atoms with E-state index in [-0.39, 0.29) is 17.5 Å². The summed E-state index contributed by atoms with van der Waals surface area (Å²) in [4.78, 5) is 37.8. The summed E-state index contributed by atoms with van der Waals surface area (Å²) >= 11 is 0. The van der Waals surface area contributed by atoms with E-state index in [4.69, 9.17) is 0 Å². The van der Waals surface area contributed by atoms with E-state index in [1.807, 2.05) is 31.2 Å². The van der Waals surface area contributed by atoms with Crippen LogP contribution in [0.4, 0.5) is 0 Å². The van der Waals surface area contributed by atoms with E-state index in [1.54, 1.807) is 24.4 Å². The number of nitrogens with one attached hydrogen (secondary N) is 2. The SMILES string of the molecule is CC[C@H](C)[C@H](NC(=O)c1cnc2ccccn2c1=O)c1nc2ccccc2[nH]1. The maximum Gasteiger partial charge on any atom is 0.270 e. The Morgan fingerprint density at radius 1 is 1.21 bits per heavy atom. The van der Waals surface area contributed by atoms with Gasteiger partial charge in [0.2, 0.25) is 0 Å². The molecule has 0 saturated carbocycles. The number of carbonyl (C=O) groups is 1. The van der Waals surface area contributed by atoms with E-state index in [0.29, 0.717) is 11.5 Å². The Labute approximate surface area is 161 Å². The molecule has 0 aliphatic rings. The van der Waals surface area contributed by atoms with E-state index in [0.717, 1.165) is 17.5 Å². The van der Waals surface area contributed by atoms with Gasteiger partial charge in [-0.15, -0.1) is 0 Å². The fourth-order valence-electron chi connectivity index (χ4n) is 3.24. The van der Waals surface area contributed by atoms with Crippen LogP contribution in [-0.4, -0.2) is 25.3 Å². The van der Waals surface area contributed by atoms with Gasteiger partial charge in [0.25, 0.3) is 11.5 Å². The van der Waals surface area contributed by atoms with Crippen molar-refractivity contribution in [2.24, 2.45) is 5.92 Å². The third-order valence-corrected chi connectivity index (χ3v) is 5.06. The molecule has 3 heterocycles. The summed E-state index contributed by atoms with van der Waals surface area (Å²) in [5.41, 5.74) is 1.86. The largest absolute Gasteiger partial charge is 0.342 e. The van der Waals surface area contributed by atoms with Crippen LogP contribution in [0, 0.1) is 5.92 Å². The Balaban J connectivity index is 1.70. The molecule has 0 aliphatic carbocycles. The molecule has 1 aromatic carbocycles. The van der Waals surface area contributed by atoms with Gasteiger partial charge in [0.15, 0.2) is 0 Å². The molecule has 0 saturated heterocycles. The summed E-state index contributed by atoms with van der Waals surface area (Å²) in [6.45, 7) is 4.10. The maximum atomic E-state index is 12.9. The highest BCUT2D eigenvalue weighted by Gasteiger charge is 2.25. The first-order valence-corrected chi connectivity index (χ1v) is 9.30. The van der Waals surface area contributed by atoms with Gasteiger partial charge >= 0.3 is 0 Å². The van der Waals surface area contributed by atoms with Crippen LogP contribution < -0.4 is 10.9 Å². The lowest BCUT2D eigenvalue weighted by atomic mass is 9.98. The number of pyridine rings is 1. The zero-order valence-corrected chi connectivity index (χ0v) is 15.7. The Kier molecular flexibility index (Phi) is 4.65. The average Bonchev–Trinajstić information content (AvgIpc) is 3.15. The highest BCUT2D eigenvalue weighted by atomic mass is 16.2. The fraction of sp³-hybridized carbons (Fsp3) is 0.238. The first-order chi connectivity index (χ1) is 13.6. The van der Waals surface area contributed by atoms with Gasteiger partial charge in [0.1, 0.15) is 17.0 Å². The van der Waals surface area contributed by atoms with Gasteiger partial charge in [0, 0.05) is 12.4 Å². The first-order valence-electron chi connectivity index (χ1n) is 9.30. The number of aromatic nitrogens is 4. The zero-order chi connectivity index (χ0) is 19.7. The van der Waals surface area contributed by atoms with Crippen molar-refractivity contribution in [2.45, 2.75) is 26.3 Å². The van der Waals surface area contributed by atoms with Crippen LogP contribution in [0.25, 0.3) is 16.7 Å². The summed E-state index contributed by atoms with van der Waals surface area (Å²) in [5, 5.41) is 2.98. The molecule has 7 nitrogen and oxygen atoms in total. The van der Waals surface area contributed by atoms with Crippen LogP contribution in [-0.2, 0) is 0 Å². The summed E-state index contributed by atoms with van der Waals surface area (Å²) < 4.78 is 1.37. The Morgan fingerprint density at radius 3 is 2.79 bits per heavy atom. The van der Waals surface area contributed by atoms with Crippen LogP contribution in [0.2, 0.25) is 0 Å². The van der Waals surface area contributed by atoms with Crippen molar-refractivity contribution in [1.29, 1.82) is 0 Å². The number of H-pyrrole nitrogens is 1. The van der Waals surface area contributed by atoms with Crippen LogP contribution in [0.1, 0.15) is 42.5 Å². The number of amides is 1. The van der Waals surface area contributed by atoms with Crippen LogP contribution in [0.15, 0.2) is 59.7 Å². The molecule has 4 rings (SSSR count). The van der Waals surface area contributed by atoms with E-state index < -0.39 is 11.5 Å². The molecule has 28 heavy (non-hydrogen) atoms. The van der Waals surface area contributed by atoms with Crippen molar-refractivity contribution in [3.05, 3.63) is 76.6 Å². The lowest BCUT2D eigenvalue weighted by Crippen LogP contribution is -2.37. The molecule has 4 aromatic rings. The number of para-hydroxylation sites is 2. The van der Waals surface area contributed by atoms with Gasteiger partial charge in [0.05, 0.1) is 17.1 Å². The maximum absolute atomic E-state index is 12.9. The molecule has 2 atom stereocenters. The Morgan fingerprint density at radius 2 is 2.00 bits per heavy atom. The zero-order valence-electron chi connectivity index (χ0n) is 15.7. The molecular formula is C21H21N5O2. The number of nitrogens with zero attached hydrogens (tertiary/aromatic N) is 3. The number of hydrogen-bond acceptors (Lipinski definition) is 4. The third-order valence-electron chi connectivity index (χ3n) is 5.06. The minimum Gasteiger partial charge on any atom is -0.342 e. The molecule has 0 unspecified atom stereocenters. The number of benzene rings is 1. The quantitative estimate of drug-likeness (QED) is 0.561. The number of carbonyl (C=O) groups excluding carboxylic acids is 1. The highest BCUT2D eigenvalue weighted by molar-refractivity contribution is 5.94. The average molecular weight is 375 g/mol. The van der Waals surface area contributed by atoms with E-state index in [1.165, 1.54) is 10.6 Å². The molecule has 0 bridgehead atoms. The van der Waals surface area contributed by atoms with Crippen molar-refractivity contribution in [1.82, 2.24) is 24.7 Å². The molecule has 2 N–H and O–H groups in total. The number of fused-ring (bicyclic) bond motifs is 2. The van der Waals surface area contributed by atoms with Gasteiger partial charge < -0.3 is 10.3 Å². The van der Waals surface area contributed by atoms with E-state index in [9.17, 15) is 9.59 Å². The van der Waals surface area contributed by atoms with Gasteiger partial charge in [-0.25, -0.2) is 9.97 Å². The van der Waals surface area contributed by atoms with Gasteiger partial charge in [-0.2, -0.15) is 0 Å². The molecule has 142 valence electrons. The van der Waals surface area contributed by atoms with Gasteiger partial charge in [-0.05, 0) is 30.2 Å². The molecule has 7 heteroatoms. The van der Waals surface area contributed by atoms with Crippen molar-refractivity contribution in [3.63, 3.8) is 0 Å². The van der Waals surface area contributed by atoms with Crippen LogP contribution >= 0.6 is 0 Å². The van der Waals surface area contributed by atoms with Gasteiger partial charge in [-0.1, -0.05) is 38.5 Å². The molecule has 0 radical (unpaired) electrons. The normalized spacial score (nSPS) is 13.5. The number of imidazole rings is 1. The predicted octanol–water partition coefficient (Wildman–Crippen LogP) is 3.09. The molecule has 0 aliphatic heterocycles. The Hall–Kier alpha value is -3.48. The standard InChI is InChI=1S/C21H21N5O2/c1-3-13(2)18(19-23-15-8-4-5-9-16(15)24-19)25-20(27)14-12-22-17-10-6-7-11-26(17)21(14)28/h4-13,18H,3H2,1-2H3,(H,23,24)(H,25,27)/t13-,18-/m0/s1. The second-order valence-electron chi connectivity index (χ2n) is 6.88.